The summed E-state index contributed by atoms with van der Waals surface area (Å²) in [5, 5.41) is 0. The predicted molar refractivity (Wildman–Crippen MR) is 75.8 cm³/mol. The molecule has 1 aromatic rings. The van der Waals surface area contributed by atoms with E-state index in [1.807, 2.05) is 0 Å². The summed E-state index contributed by atoms with van der Waals surface area (Å²) in [5.74, 6) is 1.54. The molecule has 1 aliphatic carbocycles. The molecular formula is C13H20Cl2N2. The van der Waals surface area contributed by atoms with E-state index in [1.165, 1.54) is 25.1 Å². The van der Waals surface area contributed by atoms with Gasteiger partial charge in [-0.2, -0.15) is 0 Å². The lowest BCUT2D eigenvalue weighted by atomic mass is 9.67. The molecule has 1 aromatic carbocycles. The molecule has 2 saturated heterocycles. The maximum atomic E-state index is 6.06. The first kappa shape index (κ1) is 14.8. The first-order valence-corrected chi connectivity index (χ1v) is 5.85. The smallest absolute Gasteiger partial charge is 0.0233 e. The van der Waals surface area contributed by atoms with E-state index in [0.29, 0.717) is 6.04 Å². The van der Waals surface area contributed by atoms with Crippen molar-refractivity contribution in [3.63, 3.8) is 0 Å². The van der Waals surface area contributed by atoms with E-state index in [0.717, 1.165) is 18.4 Å². The Kier molecular flexibility index (Phi) is 5.26. The standard InChI is InChI=1S/C13H18N2.2ClH/c14-13-11-6-12(13)9-15(8-11)7-10-4-2-1-3-5-10;;/h1-5,11-13H,6-9,14H2;2*1H/t11-,12+,13?;;. The summed E-state index contributed by atoms with van der Waals surface area (Å²) < 4.78 is 0. The van der Waals surface area contributed by atoms with E-state index in [-0.39, 0.29) is 24.8 Å². The molecule has 2 N–H and O–H groups in total. The first-order valence-electron chi connectivity index (χ1n) is 5.85. The van der Waals surface area contributed by atoms with Crippen LogP contribution in [-0.4, -0.2) is 24.0 Å². The SMILES string of the molecule is Cl.Cl.NC1[C@@H]2C[C@H]1CN(Cc1ccccc1)C2. The molecule has 0 amide bonds. The van der Waals surface area contributed by atoms with Gasteiger partial charge in [-0.1, -0.05) is 30.3 Å². The zero-order valence-corrected chi connectivity index (χ0v) is 11.4. The molecule has 4 rings (SSSR count). The molecule has 17 heavy (non-hydrogen) atoms. The van der Waals surface area contributed by atoms with Gasteiger partial charge in [0.25, 0.3) is 0 Å². The van der Waals surface area contributed by atoms with Gasteiger partial charge in [0.15, 0.2) is 0 Å². The van der Waals surface area contributed by atoms with Crippen molar-refractivity contribution >= 4 is 24.8 Å². The van der Waals surface area contributed by atoms with Crippen molar-refractivity contribution in [1.82, 2.24) is 4.90 Å². The average molecular weight is 275 g/mol. The van der Waals surface area contributed by atoms with E-state index in [9.17, 15) is 0 Å². The van der Waals surface area contributed by atoms with E-state index < -0.39 is 0 Å². The van der Waals surface area contributed by atoms with Crippen molar-refractivity contribution in [3.05, 3.63) is 35.9 Å². The molecule has 2 aliphatic heterocycles. The van der Waals surface area contributed by atoms with Crippen molar-refractivity contribution in [2.75, 3.05) is 13.1 Å². The van der Waals surface area contributed by atoms with Crippen LogP contribution in [0.1, 0.15) is 12.0 Å². The Morgan fingerprint density at radius 1 is 1.06 bits per heavy atom. The van der Waals surface area contributed by atoms with Crippen LogP contribution in [0.5, 0.6) is 0 Å². The van der Waals surface area contributed by atoms with Gasteiger partial charge in [-0.3, -0.25) is 4.90 Å². The van der Waals surface area contributed by atoms with Crippen LogP contribution in [0.3, 0.4) is 0 Å². The van der Waals surface area contributed by atoms with Crippen molar-refractivity contribution in [3.8, 4) is 0 Å². The lowest BCUT2D eigenvalue weighted by molar-refractivity contribution is -0.00139. The summed E-state index contributed by atoms with van der Waals surface area (Å²) in [7, 11) is 0. The van der Waals surface area contributed by atoms with Crippen LogP contribution in [0.4, 0.5) is 0 Å². The Morgan fingerprint density at radius 3 is 2.18 bits per heavy atom. The molecule has 1 unspecified atom stereocenters. The highest BCUT2D eigenvalue weighted by Crippen LogP contribution is 2.38. The molecule has 96 valence electrons. The minimum Gasteiger partial charge on any atom is -0.327 e. The van der Waals surface area contributed by atoms with Crippen LogP contribution >= 0.6 is 24.8 Å². The number of rotatable bonds is 2. The van der Waals surface area contributed by atoms with Gasteiger partial charge in [-0.05, 0) is 23.8 Å². The number of halogens is 2. The van der Waals surface area contributed by atoms with Crippen molar-refractivity contribution in [2.24, 2.45) is 17.6 Å². The van der Waals surface area contributed by atoms with Crippen molar-refractivity contribution in [2.45, 2.75) is 19.0 Å². The second-order valence-electron chi connectivity index (χ2n) is 5.01. The zero-order chi connectivity index (χ0) is 10.3. The van der Waals surface area contributed by atoms with Crippen LogP contribution in [0.25, 0.3) is 0 Å². The molecular weight excluding hydrogens is 255 g/mol. The largest absolute Gasteiger partial charge is 0.327 e. The molecule has 3 atom stereocenters. The zero-order valence-electron chi connectivity index (χ0n) is 9.79. The summed E-state index contributed by atoms with van der Waals surface area (Å²) >= 11 is 0. The molecule has 0 radical (unpaired) electrons. The Bertz CT molecular complexity index is 333. The van der Waals surface area contributed by atoms with Gasteiger partial charge in [0.1, 0.15) is 0 Å². The fraction of sp³-hybridized carbons (Fsp3) is 0.538. The van der Waals surface area contributed by atoms with Gasteiger partial charge in [0, 0.05) is 25.7 Å². The van der Waals surface area contributed by atoms with Gasteiger partial charge < -0.3 is 5.73 Å². The highest BCUT2D eigenvalue weighted by atomic mass is 35.5. The van der Waals surface area contributed by atoms with Crippen LogP contribution in [0.15, 0.2) is 30.3 Å². The Hall–Kier alpha value is -0.280. The monoisotopic (exact) mass is 274 g/mol. The molecule has 2 heterocycles. The summed E-state index contributed by atoms with van der Waals surface area (Å²) in [6, 6.07) is 11.2. The highest BCUT2D eigenvalue weighted by Gasteiger charge is 2.44. The molecule has 4 heteroatoms. The van der Waals surface area contributed by atoms with Gasteiger partial charge in [-0.25, -0.2) is 0 Å². The van der Waals surface area contributed by atoms with Gasteiger partial charge in [0.2, 0.25) is 0 Å². The Balaban J connectivity index is 0.000000722. The van der Waals surface area contributed by atoms with E-state index in [1.54, 1.807) is 0 Å². The maximum absolute atomic E-state index is 6.06. The minimum atomic E-state index is 0. The van der Waals surface area contributed by atoms with E-state index in [2.05, 4.69) is 35.2 Å². The number of piperidine rings is 2. The van der Waals surface area contributed by atoms with Crippen molar-refractivity contribution in [1.29, 1.82) is 0 Å². The van der Waals surface area contributed by atoms with Gasteiger partial charge >= 0.3 is 0 Å². The fourth-order valence-electron chi connectivity index (χ4n) is 2.99. The lowest BCUT2D eigenvalue weighted by Crippen LogP contribution is -2.61. The predicted octanol–water partition coefficient (Wildman–Crippen LogP) is 2.31. The van der Waals surface area contributed by atoms with Crippen molar-refractivity contribution < 1.29 is 0 Å². The summed E-state index contributed by atoms with van der Waals surface area (Å²) in [5.41, 5.74) is 7.48. The summed E-state index contributed by atoms with van der Waals surface area (Å²) in [4.78, 5) is 2.55. The molecule has 3 fully saturated rings. The topological polar surface area (TPSA) is 29.3 Å². The average Bonchev–Trinajstić information content (AvgIpc) is 2.30. The molecule has 2 nitrogen and oxygen atoms in total. The Morgan fingerprint density at radius 2 is 1.65 bits per heavy atom. The minimum absolute atomic E-state index is 0. The number of fused-ring (bicyclic) bond motifs is 2. The number of nitrogens with zero attached hydrogens (tertiary/aromatic N) is 1. The van der Waals surface area contributed by atoms with Gasteiger partial charge in [-0.15, -0.1) is 24.8 Å². The Labute approximate surface area is 115 Å². The third kappa shape index (κ3) is 2.94. The van der Waals surface area contributed by atoms with Crippen LogP contribution in [-0.2, 0) is 6.54 Å². The molecule has 3 aliphatic rings. The van der Waals surface area contributed by atoms with Crippen LogP contribution in [0.2, 0.25) is 0 Å². The quantitative estimate of drug-likeness (QED) is 0.897. The molecule has 0 aromatic heterocycles. The van der Waals surface area contributed by atoms with E-state index >= 15 is 0 Å². The highest BCUT2D eigenvalue weighted by molar-refractivity contribution is 5.85. The molecule has 2 bridgehead atoms. The van der Waals surface area contributed by atoms with Crippen LogP contribution in [0, 0.1) is 11.8 Å². The molecule has 0 spiro atoms. The number of hydrogen-bond acceptors (Lipinski definition) is 2. The molecule has 1 saturated carbocycles. The van der Waals surface area contributed by atoms with Gasteiger partial charge in [0.05, 0.1) is 0 Å². The second kappa shape index (κ2) is 6.05. The lowest BCUT2D eigenvalue weighted by Gasteiger charge is -2.52. The number of nitrogens with two attached hydrogens (primary N) is 1. The normalized spacial score (nSPS) is 30.8. The van der Waals surface area contributed by atoms with Crippen LogP contribution < -0.4 is 5.73 Å². The fourth-order valence-corrected chi connectivity index (χ4v) is 2.99. The third-order valence-electron chi connectivity index (χ3n) is 3.93. The third-order valence-corrected chi connectivity index (χ3v) is 3.93. The number of benzene rings is 1. The maximum Gasteiger partial charge on any atom is 0.0233 e. The summed E-state index contributed by atoms with van der Waals surface area (Å²) in [6.45, 7) is 3.50. The van der Waals surface area contributed by atoms with E-state index in [4.69, 9.17) is 5.73 Å². The number of hydrogen-bond donors (Lipinski definition) is 1. The second-order valence-corrected chi connectivity index (χ2v) is 5.01. The first-order chi connectivity index (χ1) is 7.33. The summed E-state index contributed by atoms with van der Waals surface area (Å²) in [6.07, 6.45) is 1.37.